The van der Waals surface area contributed by atoms with Crippen LogP contribution >= 0.6 is 0 Å². The highest BCUT2D eigenvalue weighted by Crippen LogP contribution is 2.20. The van der Waals surface area contributed by atoms with Crippen LogP contribution < -0.4 is 10.6 Å². The molecule has 3 heteroatoms. The number of amides is 1. The molecule has 3 nitrogen and oxygen atoms in total. The number of hydrogen-bond donors (Lipinski definition) is 2. The number of carbonyl (C=O) groups is 1. The van der Waals surface area contributed by atoms with Crippen molar-refractivity contribution in [2.45, 2.75) is 40.2 Å². The Labute approximate surface area is 86.6 Å². The number of nitrogens with one attached hydrogen (secondary N) is 2. The summed E-state index contributed by atoms with van der Waals surface area (Å²) in [6, 6.07) is 0.313. The molecule has 0 radical (unpaired) electrons. The fourth-order valence-corrected chi connectivity index (χ4v) is 1.53. The minimum atomic E-state index is -0.234. The van der Waals surface area contributed by atoms with Crippen LogP contribution in [0.3, 0.4) is 0 Å². The number of hydrogen-bond acceptors (Lipinski definition) is 2. The van der Waals surface area contributed by atoms with Gasteiger partial charge in [-0.1, -0.05) is 27.7 Å². The molecule has 82 valence electrons. The summed E-state index contributed by atoms with van der Waals surface area (Å²) < 4.78 is 0. The molecule has 0 spiro atoms. The zero-order valence-electron chi connectivity index (χ0n) is 9.68. The smallest absolute Gasteiger partial charge is 0.225 e. The summed E-state index contributed by atoms with van der Waals surface area (Å²) in [4.78, 5) is 11.9. The Bertz CT molecular complexity index is 213. The standard InChI is InChI=1S/C11H22N2O/c1-5-11(3,4)10(14)13-9-7-12-6-8(9)2/h8-9,12H,5-7H2,1-4H3,(H,13,14). The number of rotatable bonds is 3. The van der Waals surface area contributed by atoms with Crippen LogP contribution in [0.1, 0.15) is 34.1 Å². The van der Waals surface area contributed by atoms with Gasteiger partial charge in [-0.25, -0.2) is 0 Å². The van der Waals surface area contributed by atoms with Gasteiger partial charge in [0.25, 0.3) is 0 Å². The maximum atomic E-state index is 11.9. The Balaban J connectivity index is 2.48. The van der Waals surface area contributed by atoms with E-state index in [-0.39, 0.29) is 11.3 Å². The van der Waals surface area contributed by atoms with Crippen LogP contribution in [0.5, 0.6) is 0 Å². The third-order valence-corrected chi connectivity index (χ3v) is 3.33. The van der Waals surface area contributed by atoms with Crippen molar-refractivity contribution in [2.75, 3.05) is 13.1 Å². The fourth-order valence-electron chi connectivity index (χ4n) is 1.53. The third-order valence-electron chi connectivity index (χ3n) is 3.33. The van der Waals surface area contributed by atoms with Crippen molar-refractivity contribution >= 4 is 5.91 Å². The van der Waals surface area contributed by atoms with Gasteiger partial charge in [-0.15, -0.1) is 0 Å². The van der Waals surface area contributed by atoms with E-state index in [4.69, 9.17) is 0 Å². The molecule has 1 aliphatic rings. The fraction of sp³-hybridized carbons (Fsp3) is 0.909. The van der Waals surface area contributed by atoms with E-state index in [9.17, 15) is 4.79 Å². The molecule has 2 N–H and O–H groups in total. The second kappa shape index (κ2) is 4.30. The molecular weight excluding hydrogens is 176 g/mol. The molecule has 2 unspecified atom stereocenters. The molecule has 0 aromatic rings. The Kier molecular flexibility index (Phi) is 3.53. The summed E-state index contributed by atoms with van der Waals surface area (Å²) >= 11 is 0. The molecule has 0 aromatic heterocycles. The largest absolute Gasteiger partial charge is 0.351 e. The molecule has 1 saturated heterocycles. The Morgan fingerprint density at radius 1 is 1.50 bits per heavy atom. The van der Waals surface area contributed by atoms with Gasteiger partial charge in [0.2, 0.25) is 5.91 Å². The van der Waals surface area contributed by atoms with Gasteiger partial charge >= 0.3 is 0 Å². The monoisotopic (exact) mass is 198 g/mol. The first kappa shape index (κ1) is 11.5. The second-order valence-electron chi connectivity index (χ2n) is 4.95. The SMILES string of the molecule is CCC(C)(C)C(=O)NC1CNCC1C. The summed E-state index contributed by atoms with van der Waals surface area (Å²) in [5.74, 6) is 0.729. The zero-order valence-corrected chi connectivity index (χ0v) is 9.68. The minimum absolute atomic E-state index is 0.181. The quantitative estimate of drug-likeness (QED) is 0.714. The maximum Gasteiger partial charge on any atom is 0.225 e. The summed E-state index contributed by atoms with van der Waals surface area (Å²) in [5.41, 5.74) is -0.234. The summed E-state index contributed by atoms with van der Waals surface area (Å²) in [5, 5.41) is 6.40. The summed E-state index contributed by atoms with van der Waals surface area (Å²) in [6.45, 7) is 10.1. The molecule has 0 saturated carbocycles. The van der Waals surface area contributed by atoms with E-state index in [1.165, 1.54) is 0 Å². The van der Waals surface area contributed by atoms with E-state index >= 15 is 0 Å². The third kappa shape index (κ3) is 2.47. The molecule has 0 aliphatic carbocycles. The van der Waals surface area contributed by atoms with Crippen LogP contribution in [0.15, 0.2) is 0 Å². The predicted molar refractivity (Wildman–Crippen MR) is 58.0 cm³/mol. The van der Waals surface area contributed by atoms with E-state index in [0.717, 1.165) is 19.5 Å². The van der Waals surface area contributed by atoms with Crippen LogP contribution in [0.4, 0.5) is 0 Å². The van der Waals surface area contributed by atoms with E-state index < -0.39 is 0 Å². The highest BCUT2D eigenvalue weighted by molar-refractivity contribution is 5.82. The molecule has 0 aromatic carbocycles. The minimum Gasteiger partial charge on any atom is -0.351 e. The van der Waals surface area contributed by atoms with Gasteiger partial charge in [-0.2, -0.15) is 0 Å². The lowest BCUT2D eigenvalue weighted by Crippen LogP contribution is -2.45. The Hall–Kier alpha value is -0.570. The van der Waals surface area contributed by atoms with Crippen LogP contribution in [-0.4, -0.2) is 25.0 Å². The molecular formula is C11H22N2O. The molecule has 1 amide bonds. The molecule has 1 rings (SSSR count). The second-order valence-corrected chi connectivity index (χ2v) is 4.95. The average molecular weight is 198 g/mol. The van der Waals surface area contributed by atoms with Gasteiger partial charge in [-0.3, -0.25) is 4.79 Å². The van der Waals surface area contributed by atoms with E-state index in [2.05, 4.69) is 24.5 Å². The zero-order chi connectivity index (χ0) is 10.8. The van der Waals surface area contributed by atoms with Gasteiger partial charge in [0.05, 0.1) is 0 Å². The van der Waals surface area contributed by atoms with Gasteiger partial charge in [0.1, 0.15) is 0 Å². The summed E-state index contributed by atoms with van der Waals surface area (Å²) in [7, 11) is 0. The van der Waals surface area contributed by atoms with Crippen LogP contribution in [-0.2, 0) is 4.79 Å². The molecule has 14 heavy (non-hydrogen) atoms. The van der Waals surface area contributed by atoms with Crippen LogP contribution in [0.25, 0.3) is 0 Å². The normalized spacial score (nSPS) is 27.7. The van der Waals surface area contributed by atoms with Crippen molar-refractivity contribution in [3.63, 3.8) is 0 Å². The Morgan fingerprint density at radius 3 is 2.57 bits per heavy atom. The first-order valence-corrected chi connectivity index (χ1v) is 5.49. The van der Waals surface area contributed by atoms with Crippen LogP contribution in [0, 0.1) is 11.3 Å². The van der Waals surface area contributed by atoms with Crippen molar-refractivity contribution in [2.24, 2.45) is 11.3 Å². The topological polar surface area (TPSA) is 41.1 Å². The van der Waals surface area contributed by atoms with Crippen molar-refractivity contribution in [3.8, 4) is 0 Å². The highest BCUT2D eigenvalue weighted by Gasteiger charge is 2.30. The summed E-state index contributed by atoms with van der Waals surface area (Å²) in [6.07, 6.45) is 0.882. The van der Waals surface area contributed by atoms with Crippen molar-refractivity contribution in [3.05, 3.63) is 0 Å². The number of carbonyl (C=O) groups excluding carboxylic acids is 1. The Morgan fingerprint density at radius 2 is 2.14 bits per heavy atom. The first-order valence-electron chi connectivity index (χ1n) is 5.49. The molecule has 1 heterocycles. The predicted octanol–water partition coefficient (Wildman–Crippen LogP) is 1.15. The lowest BCUT2D eigenvalue weighted by molar-refractivity contribution is -0.130. The molecule has 1 aliphatic heterocycles. The van der Waals surface area contributed by atoms with Crippen molar-refractivity contribution in [1.82, 2.24) is 10.6 Å². The van der Waals surface area contributed by atoms with E-state index in [1.807, 2.05) is 13.8 Å². The van der Waals surface area contributed by atoms with Gasteiger partial charge in [0, 0.05) is 18.0 Å². The molecule has 0 bridgehead atoms. The van der Waals surface area contributed by atoms with E-state index in [1.54, 1.807) is 0 Å². The van der Waals surface area contributed by atoms with E-state index in [0.29, 0.717) is 12.0 Å². The lowest BCUT2D eigenvalue weighted by Gasteiger charge is -2.25. The molecule has 2 atom stereocenters. The lowest BCUT2D eigenvalue weighted by atomic mass is 9.88. The van der Waals surface area contributed by atoms with Gasteiger partial charge in [-0.05, 0) is 18.9 Å². The van der Waals surface area contributed by atoms with Gasteiger partial charge in [0.15, 0.2) is 0 Å². The van der Waals surface area contributed by atoms with Crippen molar-refractivity contribution in [1.29, 1.82) is 0 Å². The van der Waals surface area contributed by atoms with Crippen molar-refractivity contribution < 1.29 is 4.79 Å². The highest BCUT2D eigenvalue weighted by atomic mass is 16.2. The first-order chi connectivity index (χ1) is 6.47. The average Bonchev–Trinajstić information content (AvgIpc) is 2.52. The van der Waals surface area contributed by atoms with Gasteiger partial charge < -0.3 is 10.6 Å². The molecule has 1 fully saturated rings. The van der Waals surface area contributed by atoms with Crippen LogP contribution in [0.2, 0.25) is 0 Å². The maximum absolute atomic E-state index is 11.9.